The van der Waals surface area contributed by atoms with Gasteiger partial charge in [0.2, 0.25) is 0 Å². The zero-order valence-electron chi connectivity index (χ0n) is 9.08. The molecule has 0 spiro atoms. The van der Waals surface area contributed by atoms with Gasteiger partial charge in [-0.15, -0.1) is 11.6 Å². The van der Waals surface area contributed by atoms with Crippen LogP contribution in [0, 0.1) is 0 Å². The molecule has 0 saturated heterocycles. The number of carbonyl (C=O) groups is 1. The monoisotopic (exact) mass is 241 g/mol. The van der Waals surface area contributed by atoms with Crippen molar-refractivity contribution in [1.29, 1.82) is 0 Å². The van der Waals surface area contributed by atoms with Crippen molar-refractivity contribution in [1.82, 2.24) is 5.32 Å². The number of aliphatic hydroxyl groups excluding tert-OH is 1. The van der Waals surface area contributed by atoms with Gasteiger partial charge in [-0.05, 0) is 24.5 Å². The van der Waals surface area contributed by atoms with E-state index in [4.69, 9.17) is 16.7 Å². The van der Waals surface area contributed by atoms with Crippen LogP contribution in [0.25, 0.3) is 0 Å². The lowest BCUT2D eigenvalue weighted by atomic mass is 10.1. The summed E-state index contributed by atoms with van der Waals surface area (Å²) in [4.78, 5) is 11.8. The molecule has 0 fully saturated rings. The molecule has 4 heteroatoms. The summed E-state index contributed by atoms with van der Waals surface area (Å²) in [5.74, 6) is 0.231. The van der Waals surface area contributed by atoms with Crippen LogP contribution in [0.15, 0.2) is 24.3 Å². The second-order valence-corrected chi connectivity index (χ2v) is 3.74. The highest BCUT2D eigenvalue weighted by Gasteiger charge is 2.08. The highest BCUT2D eigenvalue weighted by molar-refractivity contribution is 6.17. The predicted molar refractivity (Wildman–Crippen MR) is 64.7 cm³/mol. The third-order valence-electron chi connectivity index (χ3n) is 2.28. The molecule has 1 aromatic rings. The number of hydrogen-bond donors (Lipinski definition) is 2. The molecule has 0 bridgehead atoms. The Morgan fingerprint density at radius 3 is 2.75 bits per heavy atom. The van der Waals surface area contributed by atoms with Gasteiger partial charge in [-0.25, -0.2) is 0 Å². The number of carbonyl (C=O) groups excluding carboxylic acids is 1. The van der Waals surface area contributed by atoms with Crippen LogP contribution < -0.4 is 5.32 Å². The number of benzene rings is 1. The van der Waals surface area contributed by atoms with Crippen molar-refractivity contribution < 1.29 is 9.90 Å². The third-order valence-corrected chi connectivity index (χ3v) is 2.56. The summed E-state index contributed by atoms with van der Waals surface area (Å²) in [7, 11) is 0. The first kappa shape index (κ1) is 13.0. The molecule has 2 N–H and O–H groups in total. The first-order valence-electron chi connectivity index (χ1n) is 5.32. The molecule has 88 valence electrons. The van der Waals surface area contributed by atoms with Gasteiger partial charge < -0.3 is 10.4 Å². The molecule has 1 rings (SSSR count). The molecule has 16 heavy (non-hydrogen) atoms. The molecule has 0 atom stereocenters. The van der Waals surface area contributed by atoms with Gasteiger partial charge >= 0.3 is 0 Å². The fourth-order valence-corrected chi connectivity index (χ4v) is 1.63. The van der Waals surface area contributed by atoms with Crippen molar-refractivity contribution in [3.05, 3.63) is 35.4 Å². The van der Waals surface area contributed by atoms with Crippen LogP contribution >= 0.6 is 11.6 Å². The van der Waals surface area contributed by atoms with E-state index in [0.717, 1.165) is 12.0 Å². The summed E-state index contributed by atoms with van der Waals surface area (Å²) >= 11 is 5.75. The Hall–Kier alpha value is -1.06. The highest BCUT2D eigenvalue weighted by atomic mass is 35.5. The number of alkyl halides is 1. The van der Waals surface area contributed by atoms with Crippen molar-refractivity contribution in [2.45, 2.75) is 18.7 Å². The van der Waals surface area contributed by atoms with Gasteiger partial charge in [-0.1, -0.05) is 18.2 Å². The minimum absolute atomic E-state index is 0.103. The Balaban J connectivity index is 2.52. The van der Waals surface area contributed by atoms with E-state index in [1.54, 1.807) is 6.07 Å². The summed E-state index contributed by atoms with van der Waals surface area (Å²) in [6.45, 7) is 0.740. The summed E-state index contributed by atoms with van der Waals surface area (Å²) in [6, 6.07) is 7.29. The van der Waals surface area contributed by atoms with Crippen LogP contribution in [0.5, 0.6) is 0 Å². The average Bonchev–Trinajstić information content (AvgIpc) is 2.34. The topological polar surface area (TPSA) is 49.3 Å². The third kappa shape index (κ3) is 3.83. The minimum Gasteiger partial charge on any atom is -0.396 e. The Bertz CT molecular complexity index is 342. The lowest BCUT2D eigenvalue weighted by Crippen LogP contribution is -2.25. The molecule has 0 aliphatic rings. The molecular weight excluding hydrogens is 226 g/mol. The molecule has 3 nitrogen and oxygen atoms in total. The van der Waals surface area contributed by atoms with Gasteiger partial charge in [0.05, 0.1) is 0 Å². The second-order valence-electron chi connectivity index (χ2n) is 3.48. The first-order chi connectivity index (χ1) is 7.79. The molecule has 1 aromatic carbocycles. The lowest BCUT2D eigenvalue weighted by Gasteiger charge is -2.07. The Kier molecular flexibility index (Phi) is 5.90. The minimum atomic E-state index is -0.103. The summed E-state index contributed by atoms with van der Waals surface area (Å²) in [6.07, 6.45) is 1.49. The standard InChI is InChI=1S/C12H16ClNO2/c13-9-10-5-1-2-6-11(10)12(16)14-7-3-4-8-15/h1-2,5-6,15H,3-4,7-9H2,(H,14,16). The smallest absolute Gasteiger partial charge is 0.251 e. The van der Waals surface area contributed by atoms with Crippen LogP contribution in [0.3, 0.4) is 0 Å². The van der Waals surface area contributed by atoms with Crippen LogP contribution in [0.2, 0.25) is 0 Å². The molecule has 0 heterocycles. The van der Waals surface area contributed by atoms with Gasteiger partial charge in [0.1, 0.15) is 0 Å². The average molecular weight is 242 g/mol. The molecular formula is C12H16ClNO2. The number of halogens is 1. The van der Waals surface area contributed by atoms with Gasteiger partial charge in [0, 0.05) is 24.6 Å². The van der Waals surface area contributed by atoms with Gasteiger partial charge in [0.25, 0.3) is 5.91 Å². The maximum absolute atomic E-state index is 11.8. The molecule has 0 unspecified atom stereocenters. The zero-order chi connectivity index (χ0) is 11.8. The molecule has 0 aliphatic heterocycles. The van der Waals surface area contributed by atoms with E-state index in [1.165, 1.54) is 0 Å². The largest absolute Gasteiger partial charge is 0.396 e. The van der Waals surface area contributed by atoms with Gasteiger partial charge in [-0.2, -0.15) is 0 Å². The Labute approximate surface area is 100 Å². The van der Waals surface area contributed by atoms with Crippen LogP contribution in [-0.4, -0.2) is 24.2 Å². The number of nitrogens with one attached hydrogen (secondary N) is 1. The number of hydrogen-bond acceptors (Lipinski definition) is 2. The molecule has 0 aliphatic carbocycles. The zero-order valence-corrected chi connectivity index (χ0v) is 9.83. The molecule has 1 amide bonds. The summed E-state index contributed by atoms with van der Waals surface area (Å²) < 4.78 is 0. The second kappa shape index (κ2) is 7.25. The molecule has 0 radical (unpaired) electrons. The van der Waals surface area contributed by atoms with Crippen molar-refractivity contribution in [3.63, 3.8) is 0 Å². The predicted octanol–water partition coefficient (Wildman–Crippen LogP) is 1.93. The van der Waals surface area contributed by atoms with E-state index in [0.29, 0.717) is 24.4 Å². The number of aliphatic hydroxyl groups is 1. The quantitative estimate of drug-likeness (QED) is 0.591. The van der Waals surface area contributed by atoms with Gasteiger partial charge in [0.15, 0.2) is 0 Å². The Morgan fingerprint density at radius 2 is 2.06 bits per heavy atom. The number of unbranched alkanes of at least 4 members (excludes halogenated alkanes) is 1. The molecule has 0 saturated carbocycles. The maximum atomic E-state index is 11.8. The SMILES string of the molecule is O=C(NCCCCO)c1ccccc1CCl. The van der Waals surface area contributed by atoms with Crippen molar-refractivity contribution in [2.24, 2.45) is 0 Å². The number of rotatable bonds is 6. The fraction of sp³-hybridized carbons (Fsp3) is 0.417. The lowest BCUT2D eigenvalue weighted by molar-refractivity contribution is 0.0951. The van der Waals surface area contributed by atoms with E-state index < -0.39 is 0 Å². The van der Waals surface area contributed by atoms with Crippen molar-refractivity contribution >= 4 is 17.5 Å². The Morgan fingerprint density at radius 1 is 1.31 bits per heavy atom. The summed E-state index contributed by atoms with van der Waals surface area (Å²) in [5.41, 5.74) is 1.46. The van der Waals surface area contributed by atoms with E-state index in [-0.39, 0.29) is 12.5 Å². The van der Waals surface area contributed by atoms with E-state index >= 15 is 0 Å². The highest BCUT2D eigenvalue weighted by Crippen LogP contribution is 2.11. The van der Waals surface area contributed by atoms with Crippen molar-refractivity contribution in [2.75, 3.05) is 13.2 Å². The maximum Gasteiger partial charge on any atom is 0.251 e. The van der Waals surface area contributed by atoms with E-state index in [9.17, 15) is 4.79 Å². The van der Waals surface area contributed by atoms with E-state index in [2.05, 4.69) is 5.32 Å². The number of amides is 1. The van der Waals surface area contributed by atoms with Crippen LogP contribution in [-0.2, 0) is 5.88 Å². The van der Waals surface area contributed by atoms with Crippen molar-refractivity contribution in [3.8, 4) is 0 Å². The van der Waals surface area contributed by atoms with Crippen LogP contribution in [0.1, 0.15) is 28.8 Å². The normalized spacial score (nSPS) is 10.1. The summed E-state index contributed by atoms with van der Waals surface area (Å²) in [5, 5.41) is 11.4. The first-order valence-corrected chi connectivity index (χ1v) is 5.86. The molecule has 0 aromatic heterocycles. The van der Waals surface area contributed by atoms with E-state index in [1.807, 2.05) is 18.2 Å². The van der Waals surface area contributed by atoms with Crippen LogP contribution in [0.4, 0.5) is 0 Å². The van der Waals surface area contributed by atoms with Gasteiger partial charge in [-0.3, -0.25) is 4.79 Å². The fourth-order valence-electron chi connectivity index (χ4n) is 1.39.